The number of carbonyl (C=O) groups excluding carboxylic acids is 5. The summed E-state index contributed by atoms with van der Waals surface area (Å²) in [4.78, 5) is 79.6. The van der Waals surface area contributed by atoms with Gasteiger partial charge in [-0.2, -0.15) is 0 Å². The average Bonchev–Trinajstić information content (AvgIpc) is 4.15. The summed E-state index contributed by atoms with van der Waals surface area (Å²) in [7, 11) is 1.45. The van der Waals surface area contributed by atoms with E-state index in [4.69, 9.17) is 28.4 Å². The zero-order valence-corrected chi connectivity index (χ0v) is 40.5. The number of anilines is 1. The van der Waals surface area contributed by atoms with Crippen molar-refractivity contribution in [3.05, 3.63) is 57.7 Å². The first-order valence-corrected chi connectivity index (χ1v) is 24.4. The number of halogens is 2. The van der Waals surface area contributed by atoms with E-state index in [1.165, 1.54) is 31.5 Å². The maximum absolute atomic E-state index is 17.5. The fourth-order valence-corrected chi connectivity index (χ4v) is 12.4. The number of carbonyl (C=O) groups is 5. The minimum atomic E-state index is -2.13. The van der Waals surface area contributed by atoms with Crippen molar-refractivity contribution in [3.8, 4) is 5.75 Å². The number of ketones is 2. The Morgan fingerprint density at radius 3 is 2.27 bits per heavy atom. The molecule has 1 saturated heterocycles. The van der Waals surface area contributed by atoms with Crippen LogP contribution in [0.2, 0.25) is 0 Å². The molecule has 70 heavy (non-hydrogen) atoms. The van der Waals surface area contributed by atoms with Gasteiger partial charge in [0.05, 0.1) is 63.4 Å². The first-order valence-electron chi connectivity index (χ1n) is 24.4. The number of aliphatic hydroxyl groups is 2. The number of ether oxygens (including phenoxy) is 6. The molecule has 1 unspecified atom stereocenters. The standard InChI is InChI=1S/C51H65F2N3O14/c1-29-22-37-36-9-6-31-23-33(57)12-13-48(31,3)50(36,53)39(58)25-49(37,4)51(29,64)40(59)28-70-42(61)11-10-41(60)68-20-18-66-16-17-67-19-21-69-47(63)35-27-56(32-7-8-32)43-34(45(35)62)24-38(52)44(46(43)65-5)55-15-14-54-30(2)26-55/h12-13,23-24,27,29-30,32,36-37,39,54,58,64H,6-11,14-22,25-26,28H2,1-5H3/t29-,30?,36-,37-,39-,48-,49-,50-,51-/m1/s1. The Bertz CT molecular complexity index is 2530. The Hall–Kier alpha value is -5.08. The summed E-state index contributed by atoms with van der Waals surface area (Å²) in [6.45, 7) is 8.05. The number of Topliss-reactive ketones (excluding diaryl/α,β-unsaturated/α-hetero) is 1. The summed E-state index contributed by atoms with van der Waals surface area (Å²) in [6, 6.07) is 1.32. The minimum Gasteiger partial charge on any atom is -0.492 e. The highest BCUT2D eigenvalue weighted by Crippen LogP contribution is 2.70. The van der Waals surface area contributed by atoms with Crippen LogP contribution >= 0.6 is 0 Å². The van der Waals surface area contributed by atoms with Crippen molar-refractivity contribution in [2.45, 2.75) is 109 Å². The predicted octanol–water partition coefficient (Wildman–Crippen LogP) is 4.26. The number of alkyl halides is 1. The zero-order valence-electron chi connectivity index (χ0n) is 40.5. The van der Waals surface area contributed by atoms with Crippen LogP contribution in [-0.2, 0) is 42.9 Å². The van der Waals surface area contributed by atoms with Crippen LogP contribution < -0.4 is 20.4 Å². The lowest BCUT2D eigenvalue weighted by Gasteiger charge is -2.62. The molecule has 5 aliphatic carbocycles. The smallest absolute Gasteiger partial charge is 0.343 e. The molecule has 2 aromatic rings. The number of nitrogens with zero attached hydrogens (tertiary/aromatic N) is 2. The third-order valence-electron chi connectivity index (χ3n) is 16.1. The molecule has 1 aliphatic heterocycles. The normalized spacial score (nSPS) is 31.3. The van der Waals surface area contributed by atoms with E-state index < -0.39 is 93.9 Å². The van der Waals surface area contributed by atoms with Gasteiger partial charge in [0.2, 0.25) is 11.2 Å². The summed E-state index contributed by atoms with van der Waals surface area (Å²) in [5, 5.41) is 27.1. The molecule has 1 aromatic carbocycles. The zero-order chi connectivity index (χ0) is 50.3. The highest BCUT2D eigenvalue weighted by atomic mass is 19.1. The molecule has 6 aliphatic rings. The summed E-state index contributed by atoms with van der Waals surface area (Å²) in [5.74, 6) is -5.60. The molecule has 3 N–H and O–H groups in total. The number of pyridine rings is 1. The number of rotatable bonds is 19. The summed E-state index contributed by atoms with van der Waals surface area (Å²) in [6.07, 6.45) is 6.04. The Morgan fingerprint density at radius 1 is 0.929 bits per heavy atom. The SMILES string of the molecule is COc1c(N2CCNC(C)C2)c(F)cc2c(=O)c(C(=O)OCCOCCOCCOC(=O)CCC(=O)OCC(=O)[C@]3(O)[C@H](C)C[C@@H]4[C@H]5CCC6=CC(=O)C=C[C@@]6(C)[C@]5(F)[C@H](O)C[C@]43C)cn(C3CC3)c12. The van der Waals surface area contributed by atoms with Crippen LogP contribution in [0.15, 0.2) is 40.9 Å². The lowest BCUT2D eigenvalue weighted by Crippen LogP contribution is -2.69. The van der Waals surface area contributed by atoms with Crippen LogP contribution in [0.3, 0.4) is 0 Å². The number of benzene rings is 1. The Morgan fingerprint density at radius 2 is 1.60 bits per heavy atom. The number of hydrogen-bond acceptors (Lipinski definition) is 16. The molecule has 2 heterocycles. The third kappa shape index (κ3) is 9.09. The summed E-state index contributed by atoms with van der Waals surface area (Å²) >= 11 is 0. The van der Waals surface area contributed by atoms with Crippen LogP contribution in [0.1, 0.15) is 95.5 Å². The highest BCUT2D eigenvalue weighted by Gasteiger charge is 2.75. The molecule has 0 spiro atoms. The molecule has 382 valence electrons. The molecule has 4 saturated carbocycles. The van der Waals surface area contributed by atoms with Gasteiger partial charge in [-0.05, 0) is 82.4 Å². The number of nitrogens with one attached hydrogen (secondary N) is 1. The second kappa shape index (κ2) is 20.2. The van der Waals surface area contributed by atoms with Crippen molar-refractivity contribution in [3.63, 3.8) is 0 Å². The van der Waals surface area contributed by atoms with Crippen molar-refractivity contribution >= 4 is 46.1 Å². The quantitative estimate of drug-likeness (QED) is 0.102. The van der Waals surface area contributed by atoms with Gasteiger partial charge in [0.15, 0.2) is 29.6 Å². The fourth-order valence-electron chi connectivity index (χ4n) is 12.4. The number of allylic oxidation sites excluding steroid dienone is 4. The van der Waals surface area contributed by atoms with Gasteiger partial charge in [-0.15, -0.1) is 0 Å². The molecule has 9 atom stereocenters. The number of methoxy groups -OCH3 is 1. The first kappa shape index (κ1) is 51.3. The lowest BCUT2D eigenvalue weighted by molar-refractivity contribution is -0.220. The molecular weight excluding hydrogens is 917 g/mol. The maximum Gasteiger partial charge on any atom is 0.343 e. The van der Waals surface area contributed by atoms with Crippen molar-refractivity contribution in [1.82, 2.24) is 9.88 Å². The van der Waals surface area contributed by atoms with Crippen molar-refractivity contribution in [2.24, 2.45) is 28.6 Å². The molecule has 0 amide bonds. The van der Waals surface area contributed by atoms with Crippen LogP contribution in [0.5, 0.6) is 5.75 Å². The number of aliphatic hydroxyl groups excluding tert-OH is 1. The van der Waals surface area contributed by atoms with E-state index >= 15 is 8.78 Å². The first-order chi connectivity index (χ1) is 33.3. The van der Waals surface area contributed by atoms with Gasteiger partial charge in [0, 0.05) is 54.7 Å². The van der Waals surface area contributed by atoms with E-state index in [0.717, 1.165) is 12.8 Å². The molecule has 0 radical (unpaired) electrons. The van der Waals surface area contributed by atoms with Crippen LogP contribution in [-0.4, -0.2) is 141 Å². The number of aromatic nitrogens is 1. The molecular formula is C51H65F2N3O14. The average molecular weight is 982 g/mol. The predicted molar refractivity (Wildman–Crippen MR) is 249 cm³/mol. The van der Waals surface area contributed by atoms with Gasteiger partial charge in [0.25, 0.3) is 0 Å². The summed E-state index contributed by atoms with van der Waals surface area (Å²) in [5.41, 5.74) is -6.13. The third-order valence-corrected chi connectivity index (χ3v) is 16.1. The van der Waals surface area contributed by atoms with Crippen LogP contribution in [0.4, 0.5) is 14.5 Å². The second-order valence-electron chi connectivity index (χ2n) is 20.3. The molecule has 0 bridgehead atoms. The number of fused-ring (bicyclic) bond motifs is 6. The number of esters is 3. The van der Waals surface area contributed by atoms with Gasteiger partial charge in [0.1, 0.15) is 30.1 Å². The molecule has 1 aromatic heterocycles. The van der Waals surface area contributed by atoms with E-state index in [2.05, 4.69) is 5.32 Å². The highest BCUT2D eigenvalue weighted by molar-refractivity contribution is 6.01. The summed E-state index contributed by atoms with van der Waals surface area (Å²) < 4.78 is 67.4. The van der Waals surface area contributed by atoms with Gasteiger partial charge in [-0.25, -0.2) is 13.6 Å². The molecule has 5 fully saturated rings. The Labute approximate surface area is 404 Å². The van der Waals surface area contributed by atoms with E-state index in [0.29, 0.717) is 50.0 Å². The monoisotopic (exact) mass is 981 g/mol. The molecule has 19 heteroatoms. The van der Waals surface area contributed by atoms with Crippen molar-refractivity contribution in [2.75, 3.05) is 77.9 Å². The Balaban J connectivity index is 0.725. The van der Waals surface area contributed by atoms with Gasteiger partial charge < -0.3 is 53.4 Å². The van der Waals surface area contributed by atoms with Gasteiger partial charge in [-0.1, -0.05) is 25.5 Å². The van der Waals surface area contributed by atoms with Crippen molar-refractivity contribution < 1.29 is 71.4 Å². The van der Waals surface area contributed by atoms with Gasteiger partial charge >= 0.3 is 17.9 Å². The lowest BCUT2D eigenvalue weighted by atomic mass is 9.44. The fraction of sp³-hybridized carbons (Fsp3) is 0.647. The minimum absolute atomic E-state index is 0.00626. The number of hydrogen-bond donors (Lipinski definition) is 3. The van der Waals surface area contributed by atoms with E-state index in [1.54, 1.807) is 26.8 Å². The second-order valence-corrected chi connectivity index (χ2v) is 20.3. The Kier molecular flexibility index (Phi) is 14.8. The molecule has 8 rings (SSSR count). The van der Waals surface area contributed by atoms with E-state index in [-0.39, 0.29) is 92.7 Å². The van der Waals surface area contributed by atoms with E-state index in [1.807, 2.05) is 16.4 Å². The largest absolute Gasteiger partial charge is 0.492 e. The molecule has 17 nitrogen and oxygen atoms in total. The maximum atomic E-state index is 17.5. The van der Waals surface area contributed by atoms with Crippen LogP contribution in [0.25, 0.3) is 10.9 Å². The number of piperazine rings is 1. The topological polar surface area (TPSA) is 218 Å². The van der Waals surface area contributed by atoms with Crippen LogP contribution in [0, 0.1) is 34.4 Å². The van der Waals surface area contributed by atoms with E-state index in [9.17, 15) is 39.0 Å². The van der Waals surface area contributed by atoms with Crippen molar-refractivity contribution in [1.29, 1.82) is 0 Å². The van der Waals surface area contributed by atoms with Gasteiger partial charge in [-0.3, -0.25) is 24.0 Å².